The molecule has 4 aliphatic carbocycles. The Morgan fingerprint density at radius 2 is 1.61 bits per heavy atom. The number of aryl methyl sites for hydroxylation is 1. The SMILES string of the molecule is Cc1ccc(S(=O)(=O)N=[SH](=O)c2ccc([C@H]3C[C@@]4(C)C(CC[C@@]4(O)C(F)(F)C(F)(F)F)C4CCC5=CC(=O)CCC5=C43)cc2)cc1. The van der Waals surface area contributed by atoms with Crippen molar-refractivity contribution in [2.75, 3.05) is 0 Å². The lowest BCUT2D eigenvalue weighted by Crippen LogP contribution is -2.65. The molecule has 46 heavy (non-hydrogen) atoms. The first-order chi connectivity index (χ1) is 21.4. The molecule has 6 atom stereocenters. The highest BCUT2D eigenvalue weighted by atomic mass is 32.3. The molecule has 13 heteroatoms. The number of alkyl halides is 5. The summed E-state index contributed by atoms with van der Waals surface area (Å²) in [5.74, 6) is -7.06. The van der Waals surface area contributed by atoms with Crippen LogP contribution in [0, 0.1) is 24.2 Å². The fraction of sp³-hybridized carbons (Fsp3) is 0.485. The number of sulfonamides is 1. The number of hydrogen-bond acceptors (Lipinski definition) is 5. The third-order valence-electron chi connectivity index (χ3n) is 10.8. The molecule has 2 fully saturated rings. The fourth-order valence-electron chi connectivity index (χ4n) is 8.45. The van der Waals surface area contributed by atoms with E-state index in [9.17, 15) is 35.7 Å². The Morgan fingerprint density at radius 1 is 0.957 bits per heavy atom. The Balaban J connectivity index is 1.43. The molecule has 0 aliphatic heterocycles. The second-order valence-corrected chi connectivity index (χ2v) is 16.3. The van der Waals surface area contributed by atoms with Crippen molar-refractivity contribution in [3.05, 3.63) is 82.5 Å². The minimum atomic E-state index is -5.95. The van der Waals surface area contributed by atoms with Gasteiger partial charge in [0.05, 0.1) is 15.5 Å². The van der Waals surface area contributed by atoms with Crippen LogP contribution >= 0.6 is 0 Å². The molecule has 6 nitrogen and oxygen atoms in total. The lowest BCUT2D eigenvalue weighted by molar-refractivity contribution is -0.362. The molecule has 248 valence electrons. The van der Waals surface area contributed by atoms with Gasteiger partial charge in [-0.25, -0.2) is 4.21 Å². The highest BCUT2D eigenvalue weighted by molar-refractivity contribution is 7.96. The molecule has 2 aromatic rings. The maximum absolute atomic E-state index is 15.2. The predicted molar refractivity (Wildman–Crippen MR) is 161 cm³/mol. The Hall–Kier alpha value is -2.90. The monoisotopic (exact) mass is 683 g/mol. The second-order valence-electron chi connectivity index (χ2n) is 13.2. The zero-order valence-electron chi connectivity index (χ0n) is 25.2. The standard InChI is InChI=1S/C33H34F5NO5S2/c1-19-3-11-24(12-4-19)46(43,44)39-45(42)23-9-5-20(6-10-23)27-18-30(2)28(15-16-31(30,41)32(34,35)33(36,37)38)26-13-7-21-17-22(40)8-14-25(21)29(26)27/h3-6,9-12,17,26-28,41,45H,7-8,13-16,18H2,1-2H3/t26?,27-,28?,30+,31+/m1/s1. The van der Waals surface area contributed by atoms with Crippen LogP contribution < -0.4 is 0 Å². The van der Waals surface area contributed by atoms with Crippen LogP contribution in [-0.4, -0.2) is 41.2 Å². The molecular weight excluding hydrogens is 649 g/mol. The molecule has 0 bridgehead atoms. The van der Waals surface area contributed by atoms with Crippen LogP contribution in [0.1, 0.15) is 68.9 Å². The molecule has 0 saturated heterocycles. The van der Waals surface area contributed by atoms with Gasteiger partial charge >= 0.3 is 12.1 Å². The summed E-state index contributed by atoms with van der Waals surface area (Å²) >= 11 is 0. The quantitative estimate of drug-likeness (QED) is 0.256. The highest BCUT2D eigenvalue weighted by Crippen LogP contribution is 2.70. The van der Waals surface area contributed by atoms with E-state index in [4.69, 9.17) is 0 Å². The molecule has 0 spiro atoms. The number of halogens is 5. The number of hydrogen-bond donors (Lipinski definition) is 2. The van der Waals surface area contributed by atoms with E-state index in [-0.39, 0.29) is 40.8 Å². The number of allylic oxidation sites excluding steroid dienone is 4. The van der Waals surface area contributed by atoms with Crippen molar-refractivity contribution in [1.29, 1.82) is 0 Å². The first kappa shape index (κ1) is 33.0. The Bertz CT molecular complexity index is 1840. The Morgan fingerprint density at radius 3 is 2.24 bits per heavy atom. The molecule has 3 unspecified atom stereocenters. The first-order valence-corrected chi connectivity index (χ1v) is 17.8. The molecule has 0 heterocycles. The normalized spacial score (nSPS) is 30.8. The van der Waals surface area contributed by atoms with E-state index in [1.54, 1.807) is 37.3 Å². The fourth-order valence-corrected chi connectivity index (χ4v) is 10.9. The van der Waals surface area contributed by atoms with Gasteiger partial charge in [-0.15, -0.1) is 3.77 Å². The summed E-state index contributed by atoms with van der Waals surface area (Å²) in [6.07, 6.45) is -3.63. The first-order valence-electron chi connectivity index (χ1n) is 15.1. The van der Waals surface area contributed by atoms with Crippen molar-refractivity contribution in [2.45, 2.75) is 92.2 Å². The maximum atomic E-state index is 15.2. The summed E-state index contributed by atoms with van der Waals surface area (Å²) in [6.45, 7) is 3.13. The number of carbonyl (C=O) groups is 1. The van der Waals surface area contributed by atoms with Gasteiger partial charge in [0.15, 0.2) is 5.78 Å². The summed E-state index contributed by atoms with van der Waals surface area (Å²) in [7, 11) is -6.99. The van der Waals surface area contributed by atoms with Crippen LogP contribution in [0.3, 0.4) is 0 Å². The summed E-state index contributed by atoms with van der Waals surface area (Å²) in [5.41, 5.74) is -1.08. The number of thiol groups is 1. The molecule has 0 amide bonds. The van der Waals surface area contributed by atoms with Crippen molar-refractivity contribution < 1.29 is 44.5 Å². The molecule has 2 aromatic carbocycles. The van der Waals surface area contributed by atoms with E-state index >= 15 is 8.78 Å². The molecule has 4 aliphatic rings. The van der Waals surface area contributed by atoms with Gasteiger partial charge in [0.25, 0.3) is 10.0 Å². The second kappa shape index (κ2) is 11.1. The minimum Gasteiger partial charge on any atom is -0.383 e. The summed E-state index contributed by atoms with van der Waals surface area (Å²) in [4.78, 5) is 12.2. The minimum absolute atomic E-state index is 0.00118. The lowest BCUT2D eigenvalue weighted by atomic mass is 9.50. The molecule has 0 radical (unpaired) electrons. The van der Waals surface area contributed by atoms with Crippen LogP contribution in [0.2, 0.25) is 0 Å². The zero-order valence-corrected chi connectivity index (χ0v) is 26.9. The van der Waals surface area contributed by atoms with E-state index in [1.807, 2.05) is 0 Å². The number of aliphatic hydroxyl groups is 1. The number of fused-ring (bicyclic) bond motifs is 4. The van der Waals surface area contributed by atoms with Crippen molar-refractivity contribution in [1.82, 2.24) is 0 Å². The van der Waals surface area contributed by atoms with Crippen molar-refractivity contribution in [3.8, 4) is 0 Å². The number of benzene rings is 2. The van der Waals surface area contributed by atoms with E-state index in [1.165, 1.54) is 31.2 Å². The van der Waals surface area contributed by atoms with E-state index in [0.717, 1.165) is 22.3 Å². The van der Waals surface area contributed by atoms with Crippen LogP contribution in [0.25, 0.3) is 0 Å². The van der Waals surface area contributed by atoms with Crippen LogP contribution in [0.15, 0.2) is 84.9 Å². The highest BCUT2D eigenvalue weighted by Gasteiger charge is 2.79. The van der Waals surface area contributed by atoms with E-state index < -0.39 is 62.0 Å². The molecule has 1 N–H and O–H groups in total. The number of nitrogens with zero attached hydrogens (tertiary/aromatic N) is 1. The predicted octanol–water partition coefficient (Wildman–Crippen LogP) is 7.24. The van der Waals surface area contributed by atoms with Crippen LogP contribution in [0.5, 0.6) is 0 Å². The van der Waals surface area contributed by atoms with Crippen molar-refractivity contribution >= 4 is 26.4 Å². The van der Waals surface area contributed by atoms with Crippen molar-refractivity contribution in [3.63, 3.8) is 0 Å². The van der Waals surface area contributed by atoms with Crippen molar-refractivity contribution in [2.24, 2.45) is 21.0 Å². The van der Waals surface area contributed by atoms with E-state index in [2.05, 4.69) is 3.77 Å². The molecule has 2 saturated carbocycles. The largest absolute Gasteiger partial charge is 0.456 e. The number of ketones is 1. The van der Waals surface area contributed by atoms with Gasteiger partial charge in [0.1, 0.15) is 5.60 Å². The molecular formula is C33H34F5NO5S2. The Labute approximate surface area is 266 Å². The smallest absolute Gasteiger partial charge is 0.383 e. The zero-order chi connectivity index (χ0) is 33.4. The van der Waals surface area contributed by atoms with Gasteiger partial charge in [0.2, 0.25) is 0 Å². The van der Waals surface area contributed by atoms with Gasteiger partial charge in [-0.3, -0.25) is 4.79 Å². The maximum Gasteiger partial charge on any atom is 0.456 e. The topological polar surface area (TPSA) is 101 Å². The number of rotatable bonds is 5. The van der Waals surface area contributed by atoms with Gasteiger partial charge in [-0.2, -0.15) is 30.4 Å². The van der Waals surface area contributed by atoms with Crippen LogP contribution in [-0.2, 0) is 25.4 Å². The van der Waals surface area contributed by atoms with Gasteiger partial charge in [-0.05, 0) is 104 Å². The van der Waals surface area contributed by atoms with Crippen LogP contribution in [0.4, 0.5) is 22.0 Å². The summed E-state index contributed by atoms with van der Waals surface area (Å²) < 4.78 is 114. The average Bonchev–Trinajstić information content (AvgIpc) is 3.27. The molecule has 6 rings (SSSR count). The summed E-state index contributed by atoms with van der Waals surface area (Å²) in [5, 5.41) is 11.4. The van der Waals surface area contributed by atoms with E-state index in [0.29, 0.717) is 24.8 Å². The Kier molecular flexibility index (Phi) is 7.96. The average molecular weight is 684 g/mol. The van der Waals surface area contributed by atoms with Gasteiger partial charge in [-0.1, -0.05) is 42.3 Å². The third kappa shape index (κ3) is 5.08. The number of carbonyl (C=O) groups excluding carboxylic acids is 1. The molecule has 0 aromatic heterocycles. The van der Waals surface area contributed by atoms with Gasteiger partial charge in [0, 0.05) is 22.6 Å². The van der Waals surface area contributed by atoms with Gasteiger partial charge < -0.3 is 5.11 Å². The lowest BCUT2D eigenvalue weighted by Gasteiger charge is -2.56. The summed E-state index contributed by atoms with van der Waals surface area (Å²) in [6, 6.07) is 11.9. The third-order valence-corrected chi connectivity index (χ3v) is 13.8.